The molecule has 0 aromatic carbocycles. The number of hydrogen-bond acceptors (Lipinski definition) is 5. The minimum Gasteiger partial charge on any atom is -0.466 e. The van der Waals surface area contributed by atoms with Crippen molar-refractivity contribution in [2.45, 2.75) is 26.0 Å². The highest BCUT2D eigenvalue weighted by Crippen LogP contribution is 2.22. The van der Waals surface area contributed by atoms with Gasteiger partial charge in [-0.15, -0.1) is 11.3 Å². The number of aliphatic hydroxyl groups excluding tert-OH is 1. The molecule has 1 rings (SSSR count). The number of ether oxygens (including phenoxy) is 1. The van der Waals surface area contributed by atoms with Crippen molar-refractivity contribution in [1.82, 2.24) is 5.32 Å². The quantitative estimate of drug-likeness (QED) is 0.753. The molecular formula is C11H16BrNO3S. The highest BCUT2D eigenvalue weighted by atomic mass is 79.9. The molecule has 0 saturated heterocycles. The van der Waals surface area contributed by atoms with E-state index in [1.54, 1.807) is 18.3 Å². The number of thiophene rings is 1. The molecule has 4 nitrogen and oxygen atoms in total. The first-order valence-corrected chi connectivity index (χ1v) is 7.07. The van der Waals surface area contributed by atoms with Crippen molar-refractivity contribution in [2.24, 2.45) is 0 Å². The van der Waals surface area contributed by atoms with Crippen molar-refractivity contribution in [3.8, 4) is 0 Å². The zero-order valence-electron chi connectivity index (χ0n) is 9.61. The molecule has 2 N–H and O–H groups in total. The lowest BCUT2D eigenvalue weighted by Crippen LogP contribution is -2.28. The number of nitrogens with one attached hydrogen (secondary N) is 1. The Morgan fingerprint density at radius 1 is 1.71 bits per heavy atom. The van der Waals surface area contributed by atoms with E-state index in [0.717, 1.165) is 4.47 Å². The number of rotatable bonds is 7. The van der Waals surface area contributed by atoms with Gasteiger partial charge in [0.05, 0.1) is 19.1 Å². The minimum atomic E-state index is -0.701. The van der Waals surface area contributed by atoms with Gasteiger partial charge in [-0.25, -0.2) is 0 Å². The average molecular weight is 322 g/mol. The Balaban J connectivity index is 2.18. The van der Waals surface area contributed by atoms with E-state index >= 15 is 0 Å². The topological polar surface area (TPSA) is 58.6 Å². The molecule has 0 radical (unpaired) electrons. The SMILES string of the molecule is CCOC(=O)CC(O)CNCc1sccc1Br. The van der Waals surface area contributed by atoms with Gasteiger partial charge in [0.1, 0.15) is 0 Å². The van der Waals surface area contributed by atoms with Crippen molar-refractivity contribution >= 4 is 33.2 Å². The molecule has 0 bridgehead atoms. The van der Waals surface area contributed by atoms with Crippen molar-refractivity contribution in [3.63, 3.8) is 0 Å². The molecular weight excluding hydrogens is 306 g/mol. The molecule has 0 spiro atoms. The third-order valence-electron chi connectivity index (χ3n) is 2.06. The van der Waals surface area contributed by atoms with Crippen molar-refractivity contribution < 1.29 is 14.6 Å². The molecule has 1 atom stereocenters. The summed E-state index contributed by atoms with van der Waals surface area (Å²) in [6, 6.07) is 1.98. The van der Waals surface area contributed by atoms with E-state index in [4.69, 9.17) is 4.74 Å². The molecule has 6 heteroatoms. The highest BCUT2D eigenvalue weighted by molar-refractivity contribution is 9.10. The first-order chi connectivity index (χ1) is 8.13. The maximum atomic E-state index is 11.1. The van der Waals surface area contributed by atoms with Gasteiger partial charge in [0, 0.05) is 22.4 Å². The zero-order valence-corrected chi connectivity index (χ0v) is 12.0. The Bertz CT molecular complexity index is 356. The van der Waals surface area contributed by atoms with Crippen LogP contribution in [0.1, 0.15) is 18.2 Å². The third kappa shape index (κ3) is 5.63. The first kappa shape index (κ1) is 14.6. The number of hydrogen-bond donors (Lipinski definition) is 2. The first-order valence-electron chi connectivity index (χ1n) is 5.39. The maximum absolute atomic E-state index is 11.1. The van der Waals surface area contributed by atoms with Gasteiger partial charge < -0.3 is 15.2 Å². The number of carbonyl (C=O) groups is 1. The summed E-state index contributed by atoms with van der Waals surface area (Å²) in [5.74, 6) is -0.362. The van der Waals surface area contributed by atoms with E-state index in [2.05, 4.69) is 21.2 Å². The van der Waals surface area contributed by atoms with Crippen LogP contribution in [0.4, 0.5) is 0 Å². The second-order valence-corrected chi connectivity index (χ2v) is 5.34. The summed E-state index contributed by atoms with van der Waals surface area (Å²) in [5.41, 5.74) is 0. The molecule has 96 valence electrons. The van der Waals surface area contributed by atoms with Crippen LogP contribution >= 0.6 is 27.3 Å². The van der Waals surface area contributed by atoms with Crippen molar-refractivity contribution in [1.29, 1.82) is 0 Å². The molecule has 0 fully saturated rings. The minimum absolute atomic E-state index is 0.0342. The van der Waals surface area contributed by atoms with Crippen LogP contribution in [0.15, 0.2) is 15.9 Å². The lowest BCUT2D eigenvalue weighted by Gasteiger charge is -2.10. The van der Waals surface area contributed by atoms with Crippen molar-refractivity contribution in [2.75, 3.05) is 13.2 Å². The zero-order chi connectivity index (χ0) is 12.7. The van der Waals surface area contributed by atoms with Crippen LogP contribution < -0.4 is 5.32 Å². The van der Waals surface area contributed by atoms with Gasteiger partial charge in [0.15, 0.2) is 0 Å². The number of halogens is 1. The summed E-state index contributed by atoms with van der Waals surface area (Å²) in [6.45, 7) is 3.15. The Morgan fingerprint density at radius 2 is 2.47 bits per heavy atom. The highest BCUT2D eigenvalue weighted by Gasteiger charge is 2.11. The molecule has 0 aliphatic carbocycles. The summed E-state index contributed by atoms with van der Waals surface area (Å²) >= 11 is 5.07. The summed E-state index contributed by atoms with van der Waals surface area (Å²) in [4.78, 5) is 12.3. The Morgan fingerprint density at radius 3 is 3.06 bits per heavy atom. The Kier molecular flexibility index (Phi) is 6.72. The van der Waals surface area contributed by atoms with Gasteiger partial charge in [-0.2, -0.15) is 0 Å². The van der Waals surface area contributed by atoms with E-state index in [-0.39, 0.29) is 12.4 Å². The van der Waals surface area contributed by atoms with Gasteiger partial charge in [-0.05, 0) is 34.3 Å². The second-order valence-electron chi connectivity index (χ2n) is 3.49. The fourth-order valence-electron chi connectivity index (χ4n) is 1.29. The van der Waals surface area contributed by atoms with Gasteiger partial charge in [0.25, 0.3) is 0 Å². The lowest BCUT2D eigenvalue weighted by molar-refractivity contribution is -0.145. The van der Waals surface area contributed by atoms with E-state index in [1.165, 1.54) is 4.88 Å². The predicted molar refractivity (Wildman–Crippen MR) is 71.0 cm³/mol. The largest absolute Gasteiger partial charge is 0.466 e. The molecule has 1 unspecified atom stereocenters. The van der Waals surface area contributed by atoms with Gasteiger partial charge in [-0.1, -0.05) is 0 Å². The van der Waals surface area contributed by atoms with Gasteiger partial charge >= 0.3 is 5.97 Å². The van der Waals surface area contributed by atoms with E-state index in [9.17, 15) is 9.90 Å². The van der Waals surface area contributed by atoms with E-state index in [1.807, 2.05) is 11.4 Å². The molecule has 17 heavy (non-hydrogen) atoms. The number of aliphatic hydroxyl groups is 1. The summed E-state index contributed by atoms with van der Waals surface area (Å²) in [6.07, 6.45) is -0.667. The predicted octanol–water partition coefficient (Wildman–Crippen LogP) is 1.91. The summed E-state index contributed by atoms with van der Waals surface area (Å²) in [7, 11) is 0. The van der Waals surface area contributed by atoms with Crippen LogP contribution in [0, 0.1) is 0 Å². The molecule has 0 aliphatic heterocycles. The number of carbonyl (C=O) groups excluding carboxylic acids is 1. The Labute approximate surface area is 113 Å². The van der Waals surface area contributed by atoms with Crippen LogP contribution in [-0.4, -0.2) is 30.3 Å². The average Bonchev–Trinajstić information content (AvgIpc) is 2.64. The van der Waals surface area contributed by atoms with Crippen LogP contribution in [0.25, 0.3) is 0 Å². The molecule has 0 saturated carbocycles. The van der Waals surface area contributed by atoms with Crippen LogP contribution in [0.3, 0.4) is 0 Å². The second kappa shape index (κ2) is 7.81. The monoisotopic (exact) mass is 321 g/mol. The van der Waals surface area contributed by atoms with Crippen molar-refractivity contribution in [3.05, 3.63) is 20.8 Å². The molecule has 0 amide bonds. The number of esters is 1. The summed E-state index contributed by atoms with van der Waals surface area (Å²) in [5, 5.41) is 14.7. The molecule has 1 aromatic rings. The summed E-state index contributed by atoms with van der Waals surface area (Å²) < 4.78 is 5.82. The van der Waals surface area contributed by atoms with Crippen LogP contribution in [0.2, 0.25) is 0 Å². The van der Waals surface area contributed by atoms with E-state index in [0.29, 0.717) is 19.7 Å². The molecule has 1 heterocycles. The van der Waals surface area contributed by atoms with E-state index < -0.39 is 6.10 Å². The third-order valence-corrected chi connectivity index (χ3v) is 3.99. The molecule has 1 aromatic heterocycles. The van der Waals surface area contributed by atoms with Crippen LogP contribution in [-0.2, 0) is 16.1 Å². The standard InChI is InChI=1S/C11H16BrNO3S/c1-2-16-11(15)5-8(14)6-13-7-10-9(12)3-4-17-10/h3-4,8,13-14H,2,5-7H2,1H3. The fourth-order valence-corrected chi connectivity index (χ4v) is 2.75. The fraction of sp³-hybridized carbons (Fsp3) is 0.545. The Hall–Kier alpha value is -0.430. The van der Waals surface area contributed by atoms with Crippen LogP contribution in [0.5, 0.6) is 0 Å². The lowest BCUT2D eigenvalue weighted by atomic mass is 10.2. The maximum Gasteiger partial charge on any atom is 0.308 e. The van der Waals surface area contributed by atoms with Gasteiger partial charge in [0.2, 0.25) is 0 Å². The smallest absolute Gasteiger partial charge is 0.308 e. The normalized spacial score (nSPS) is 12.4. The van der Waals surface area contributed by atoms with Gasteiger partial charge in [-0.3, -0.25) is 4.79 Å². The molecule has 0 aliphatic rings.